The van der Waals surface area contributed by atoms with Gasteiger partial charge >= 0.3 is 5.91 Å². The smallest absolute Gasteiger partial charge is 0.302 e. The third-order valence-electron chi connectivity index (χ3n) is 6.99. The van der Waals surface area contributed by atoms with E-state index in [1.54, 1.807) is 18.2 Å². The number of benzene rings is 3. The summed E-state index contributed by atoms with van der Waals surface area (Å²) >= 11 is 6.46. The van der Waals surface area contributed by atoms with Gasteiger partial charge in [-0.15, -0.1) is 0 Å². The van der Waals surface area contributed by atoms with Crippen LogP contribution in [-0.2, 0) is 9.59 Å². The summed E-state index contributed by atoms with van der Waals surface area (Å²) in [7, 11) is 3.85. The Bertz CT molecular complexity index is 1600. The van der Waals surface area contributed by atoms with Gasteiger partial charge in [0.15, 0.2) is 0 Å². The van der Waals surface area contributed by atoms with Crippen molar-refractivity contribution in [3.05, 3.63) is 87.4 Å². The maximum absolute atomic E-state index is 13.6. The van der Waals surface area contributed by atoms with Gasteiger partial charge in [0.25, 0.3) is 5.78 Å². The molecule has 1 aliphatic rings. The predicted octanol–water partition coefficient (Wildman–Crippen LogP) is 5.92. The van der Waals surface area contributed by atoms with E-state index in [-0.39, 0.29) is 27.9 Å². The molecule has 9 heteroatoms. The van der Waals surface area contributed by atoms with Gasteiger partial charge in [-0.2, -0.15) is 0 Å². The van der Waals surface area contributed by atoms with Gasteiger partial charge in [0.2, 0.25) is 5.95 Å². The Morgan fingerprint density at radius 3 is 2.44 bits per heavy atom. The Hall–Kier alpha value is -4.30. The molecule has 1 aliphatic heterocycles. The molecule has 0 bridgehead atoms. The van der Waals surface area contributed by atoms with E-state index in [0.29, 0.717) is 23.4 Å². The Morgan fingerprint density at radius 2 is 1.77 bits per heavy atom. The molecule has 2 N–H and O–H groups in total. The van der Waals surface area contributed by atoms with E-state index in [9.17, 15) is 14.7 Å². The molecule has 3 aromatic carbocycles. The SMILES string of the molecule is CCOc1ccc(Cl)c(/C(O)=C2\C(=O)C(=O)N(c3nc4cc(C)c(C)cc4[nH]3)C2c2ccc(N(C)C)cc2)c1. The van der Waals surface area contributed by atoms with Crippen LogP contribution in [-0.4, -0.2) is 47.5 Å². The topological polar surface area (TPSA) is 98.8 Å². The Labute approximate surface area is 231 Å². The summed E-state index contributed by atoms with van der Waals surface area (Å²) in [6.45, 7) is 6.23. The number of carbonyl (C=O) groups excluding carboxylic acids is 2. The average Bonchev–Trinajstić information content (AvgIpc) is 3.42. The van der Waals surface area contributed by atoms with Gasteiger partial charge in [0.1, 0.15) is 11.5 Å². The van der Waals surface area contributed by atoms with Gasteiger partial charge in [0.05, 0.1) is 34.3 Å². The van der Waals surface area contributed by atoms with Gasteiger partial charge in [0, 0.05) is 25.3 Å². The van der Waals surface area contributed by atoms with Crippen LogP contribution in [0.15, 0.2) is 60.2 Å². The van der Waals surface area contributed by atoms with Gasteiger partial charge in [-0.3, -0.25) is 14.5 Å². The van der Waals surface area contributed by atoms with Gasteiger partial charge in [-0.1, -0.05) is 23.7 Å². The highest BCUT2D eigenvalue weighted by Gasteiger charge is 2.48. The van der Waals surface area contributed by atoms with E-state index in [0.717, 1.165) is 22.3 Å². The molecular weight excluding hydrogens is 516 g/mol. The number of nitrogens with zero attached hydrogens (tertiary/aromatic N) is 3. The fourth-order valence-corrected chi connectivity index (χ4v) is 4.99. The molecule has 2 heterocycles. The number of Topliss-reactive ketones (excluding diaryl/α,β-unsaturated/α-hetero) is 1. The zero-order valence-electron chi connectivity index (χ0n) is 22.4. The number of aryl methyl sites for hydroxylation is 2. The van der Waals surface area contributed by atoms with Crippen LogP contribution in [0.2, 0.25) is 5.02 Å². The molecule has 1 aromatic heterocycles. The first-order valence-corrected chi connectivity index (χ1v) is 13.0. The number of aromatic nitrogens is 2. The average molecular weight is 545 g/mol. The number of fused-ring (bicyclic) bond motifs is 1. The second kappa shape index (κ2) is 10.1. The first-order valence-electron chi connectivity index (χ1n) is 12.6. The van der Waals surface area contributed by atoms with Crippen LogP contribution in [0.3, 0.4) is 0 Å². The van der Waals surface area contributed by atoms with Gasteiger partial charge in [-0.25, -0.2) is 4.98 Å². The third-order valence-corrected chi connectivity index (χ3v) is 7.32. The lowest BCUT2D eigenvalue weighted by Crippen LogP contribution is -2.30. The number of rotatable bonds is 6. The normalized spacial score (nSPS) is 16.8. The summed E-state index contributed by atoms with van der Waals surface area (Å²) in [6, 6.07) is 15.2. The third kappa shape index (κ3) is 4.61. The maximum atomic E-state index is 13.6. The minimum atomic E-state index is -0.948. The molecule has 8 nitrogen and oxygen atoms in total. The highest BCUT2D eigenvalue weighted by Crippen LogP contribution is 2.43. The number of hydrogen-bond donors (Lipinski definition) is 2. The minimum absolute atomic E-state index is 0.0824. The Morgan fingerprint density at radius 1 is 1.08 bits per heavy atom. The molecule has 1 unspecified atom stereocenters. The van der Waals surface area contributed by atoms with Crippen molar-refractivity contribution in [3.8, 4) is 5.75 Å². The Kier molecular flexibility index (Phi) is 6.82. The summed E-state index contributed by atoms with van der Waals surface area (Å²) in [5, 5.41) is 11.8. The number of ketones is 1. The molecular formula is C30H29ClN4O4. The molecule has 0 aliphatic carbocycles. The number of imidazole rings is 1. The molecule has 200 valence electrons. The van der Waals surface area contributed by atoms with Crippen LogP contribution in [0.1, 0.15) is 35.2 Å². The van der Waals surface area contributed by atoms with E-state index in [1.165, 1.54) is 4.90 Å². The van der Waals surface area contributed by atoms with Crippen molar-refractivity contribution in [2.45, 2.75) is 26.8 Å². The number of halogens is 1. The number of aliphatic hydroxyl groups is 1. The predicted molar refractivity (Wildman–Crippen MR) is 154 cm³/mol. The molecule has 1 saturated heterocycles. The van der Waals surface area contributed by atoms with E-state index >= 15 is 0 Å². The van der Waals surface area contributed by atoms with Crippen molar-refractivity contribution in [2.75, 3.05) is 30.5 Å². The second-order valence-electron chi connectivity index (χ2n) is 9.74. The van der Waals surface area contributed by atoms with Crippen molar-refractivity contribution < 1.29 is 19.4 Å². The maximum Gasteiger partial charge on any atom is 0.302 e. The summed E-state index contributed by atoms with van der Waals surface area (Å²) in [5.41, 5.74) is 5.23. The number of aromatic amines is 1. The molecule has 0 radical (unpaired) electrons. The van der Waals surface area contributed by atoms with Gasteiger partial charge in [-0.05, 0) is 79.9 Å². The lowest BCUT2D eigenvalue weighted by Gasteiger charge is -2.24. The van der Waals surface area contributed by atoms with Crippen LogP contribution >= 0.6 is 11.6 Å². The highest BCUT2D eigenvalue weighted by atomic mass is 35.5. The van der Waals surface area contributed by atoms with Crippen molar-refractivity contribution >= 4 is 51.7 Å². The van der Waals surface area contributed by atoms with Crippen molar-refractivity contribution in [3.63, 3.8) is 0 Å². The number of amides is 1. The monoisotopic (exact) mass is 544 g/mol. The first-order chi connectivity index (χ1) is 18.6. The van der Waals surface area contributed by atoms with Crippen LogP contribution < -0.4 is 14.5 Å². The minimum Gasteiger partial charge on any atom is -0.507 e. The number of aliphatic hydroxyl groups excluding tert-OH is 1. The molecule has 1 fully saturated rings. The van der Waals surface area contributed by atoms with Crippen LogP contribution in [0.4, 0.5) is 11.6 Å². The molecule has 4 aromatic rings. The fraction of sp³-hybridized carbons (Fsp3) is 0.233. The quantitative estimate of drug-likeness (QED) is 0.177. The van der Waals surface area contributed by atoms with E-state index in [4.69, 9.17) is 16.3 Å². The summed E-state index contributed by atoms with van der Waals surface area (Å²) in [5.74, 6) is -1.32. The van der Waals surface area contributed by atoms with Crippen LogP contribution in [0.25, 0.3) is 16.8 Å². The number of ether oxygens (including phenoxy) is 1. The summed E-state index contributed by atoms with van der Waals surface area (Å²) < 4.78 is 5.58. The van der Waals surface area contributed by atoms with Crippen LogP contribution in [0.5, 0.6) is 5.75 Å². The molecule has 5 rings (SSSR count). The second-order valence-corrected chi connectivity index (χ2v) is 10.2. The van der Waals surface area contributed by atoms with E-state index < -0.39 is 17.7 Å². The molecule has 1 atom stereocenters. The number of H-pyrrole nitrogens is 1. The Balaban J connectivity index is 1.73. The van der Waals surface area contributed by atoms with Crippen molar-refractivity contribution in [2.24, 2.45) is 0 Å². The summed E-state index contributed by atoms with van der Waals surface area (Å²) in [4.78, 5) is 38.3. The fourth-order valence-electron chi connectivity index (χ4n) is 4.78. The zero-order valence-corrected chi connectivity index (χ0v) is 23.1. The van der Waals surface area contributed by atoms with Crippen molar-refractivity contribution in [1.82, 2.24) is 9.97 Å². The number of carbonyl (C=O) groups is 2. The van der Waals surface area contributed by atoms with E-state index in [2.05, 4.69) is 9.97 Å². The molecule has 1 amide bonds. The lowest BCUT2D eigenvalue weighted by atomic mass is 9.95. The molecule has 39 heavy (non-hydrogen) atoms. The number of nitrogens with one attached hydrogen (secondary N) is 1. The van der Waals surface area contributed by atoms with E-state index in [1.807, 2.05) is 76.2 Å². The highest BCUT2D eigenvalue weighted by molar-refractivity contribution is 6.51. The zero-order chi connectivity index (χ0) is 28.0. The summed E-state index contributed by atoms with van der Waals surface area (Å²) in [6.07, 6.45) is 0. The van der Waals surface area contributed by atoms with Crippen molar-refractivity contribution in [1.29, 1.82) is 0 Å². The number of anilines is 2. The van der Waals surface area contributed by atoms with Crippen LogP contribution in [0, 0.1) is 13.8 Å². The molecule has 0 saturated carbocycles. The lowest BCUT2D eigenvalue weighted by molar-refractivity contribution is -0.132. The largest absolute Gasteiger partial charge is 0.507 e. The standard InChI is InChI=1S/C30H29ClN4O4/c1-6-39-20-11-12-22(31)21(15-20)27(36)25-26(18-7-9-19(10-8-18)34(4)5)35(29(38)28(25)37)30-32-23-13-16(2)17(3)14-24(23)33-30/h7-15,26,36H,6H2,1-5H3,(H,32,33)/b27-25+. The first kappa shape index (κ1) is 26.3. The van der Waals surface area contributed by atoms with Gasteiger partial charge < -0.3 is 19.7 Å². The molecule has 0 spiro atoms. The number of hydrogen-bond acceptors (Lipinski definition) is 6.